The summed E-state index contributed by atoms with van der Waals surface area (Å²) in [7, 11) is 2.68. The first-order valence-corrected chi connectivity index (χ1v) is 12.4. The van der Waals surface area contributed by atoms with E-state index in [4.69, 9.17) is 25.2 Å². The number of aliphatic hydroxyl groups excluding tert-OH is 1. The minimum Gasteiger partial charge on any atom is -0.508 e. The maximum atomic E-state index is 11.6. The molecule has 198 valence electrons. The van der Waals surface area contributed by atoms with Gasteiger partial charge in [0.05, 0.1) is 4.92 Å². The minimum absolute atomic E-state index is 0.0761. The minimum atomic E-state index is -0.594. The third-order valence-electron chi connectivity index (χ3n) is 3.85. The second-order valence-electron chi connectivity index (χ2n) is 6.81. The van der Waals surface area contributed by atoms with Gasteiger partial charge in [-0.1, -0.05) is 25.6 Å². The Balaban J connectivity index is 0. The van der Waals surface area contributed by atoms with Gasteiger partial charge in [-0.25, -0.2) is 4.79 Å². The van der Waals surface area contributed by atoms with Crippen LogP contribution in [0.1, 0.15) is 25.0 Å². The number of rotatable bonds is 8. The van der Waals surface area contributed by atoms with Crippen molar-refractivity contribution in [1.29, 1.82) is 0 Å². The summed E-state index contributed by atoms with van der Waals surface area (Å²) in [6.07, 6.45) is 4.66. The van der Waals surface area contributed by atoms with Crippen molar-refractivity contribution in [2.75, 3.05) is 32.8 Å². The van der Waals surface area contributed by atoms with Gasteiger partial charge in [0.1, 0.15) is 18.6 Å². The largest absolute Gasteiger partial charge is 0.508 e. The molecule has 0 aliphatic rings. The maximum absolute atomic E-state index is 11.6. The van der Waals surface area contributed by atoms with Crippen LogP contribution in [0.2, 0.25) is 0 Å². The lowest BCUT2D eigenvalue weighted by Gasteiger charge is -2.04. The summed E-state index contributed by atoms with van der Waals surface area (Å²) in [4.78, 5) is 31.2. The van der Waals surface area contributed by atoms with Crippen LogP contribution < -0.4 is 5.73 Å². The Labute approximate surface area is 213 Å². The molecule has 0 fully saturated rings. The molecular weight excluding hydrogens is 487 g/mol. The van der Waals surface area contributed by atoms with Crippen molar-refractivity contribution in [1.82, 2.24) is 0 Å². The highest BCUT2D eigenvalue weighted by atomic mass is 31.1. The number of nitrogens with zero attached hydrogens (tertiary/aromatic N) is 1. The van der Waals surface area contributed by atoms with Gasteiger partial charge >= 0.3 is 5.97 Å². The Morgan fingerprint density at radius 2 is 1.78 bits per heavy atom. The maximum Gasteiger partial charge on any atom is 0.331 e. The fourth-order valence-electron chi connectivity index (χ4n) is 1.97. The molecular formula is C25H35N2O8P. The molecule has 1 atom stereocenters. The highest BCUT2D eigenvalue weighted by Crippen LogP contribution is 2.28. The molecule has 1 unspecified atom stereocenters. The second kappa shape index (κ2) is 20.8. The van der Waals surface area contributed by atoms with Gasteiger partial charge in [-0.2, -0.15) is 0 Å². The van der Waals surface area contributed by atoms with E-state index in [1.165, 1.54) is 48.6 Å². The fourth-order valence-corrected chi connectivity index (χ4v) is 2.23. The normalized spacial score (nSPS) is 10.3. The van der Waals surface area contributed by atoms with Crippen molar-refractivity contribution >= 4 is 37.9 Å². The number of esters is 1. The molecule has 0 heterocycles. The molecule has 0 aromatic heterocycles. The van der Waals surface area contributed by atoms with Gasteiger partial charge in [-0.05, 0) is 60.7 Å². The third kappa shape index (κ3) is 17.8. The van der Waals surface area contributed by atoms with E-state index in [1.807, 2.05) is 0 Å². The molecule has 10 nitrogen and oxygen atoms in total. The van der Waals surface area contributed by atoms with E-state index in [0.29, 0.717) is 11.1 Å². The Morgan fingerprint density at radius 3 is 2.19 bits per heavy atom. The number of nitrogens with two attached hydrogens (primary N) is 1. The number of hydrogen-bond acceptors (Lipinski definition) is 9. The molecule has 0 aliphatic carbocycles. The Bertz CT molecular complexity index is 975. The molecule has 0 bridgehead atoms. The molecule has 4 N–H and O–H groups in total. The van der Waals surface area contributed by atoms with Crippen LogP contribution >= 0.6 is 8.15 Å². The highest BCUT2D eigenvalue weighted by Gasteiger charge is 2.09. The van der Waals surface area contributed by atoms with E-state index < -0.39 is 10.9 Å². The number of allylic oxidation sites excluding steroid dienone is 1. The summed E-state index contributed by atoms with van der Waals surface area (Å²) < 4.78 is 9.97. The number of anilines is 1. The average molecular weight is 523 g/mol. The van der Waals surface area contributed by atoms with Gasteiger partial charge in [0.15, 0.2) is 0 Å². The number of aromatic hydroxyl groups is 1. The quantitative estimate of drug-likeness (QED) is 0.0849. The van der Waals surface area contributed by atoms with Gasteiger partial charge < -0.3 is 25.2 Å². The van der Waals surface area contributed by atoms with Gasteiger partial charge in [0, 0.05) is 46.3 Å². The number of phenols is 1. The lowest BCUT2D eigenvalue weighted by molar-refractivity contribution is -0.384. The first-order valence-electron chi connectivity index (χ1n) is 10.5. The molecule has 0 amide bonds. The Hall–Kier alpha value is -3.59. The van der Waals surface area contributed by atoms with E-state index in [9.17, 15) is 19.7 Å². The predicted octanol–water partition coefficient (Wildman–Crippen LogP) is 4.69. The molecule has 2 aromatic rings. The first-order chi connectivity index (χ1) is 17.0. The predicted molar refractivity (Wildman–Crippen MR) is 144 cm³/mol. The van der Waals surface area contributed by atoms with Crippen molar-refractivity contribution in [3.05, 3.63) is 81.9 Å². The molecule has 2 aromatic carbocycles. The lowest BCUT2D eigenvalue weighted by atomic mass is 10.2. The highest BCUT2D eigenvalue weighted by molar-refractivity contribution is 7.51. The molecule has 11 heteroatoms. The van der Waals surface area contributed by atoms with Gasteiger partial charge in [-0.3, -0.25) is 14.9 Å². The van der Waals surface area contributed by atoms with Gasteiger partial charge in [0.25, 0.3) is 5.69 Å². The van der Waals surface area contributed by atoms with E-state index in [-0.39, 0.29) is 31.9 Å². The number of ether oxygens (including phenoxy) is 1. The monoisotopic (exact) mass is 522 g/mol. The van der Waals surface area contributed by atoms with E-state index >= 15 is 0 Å². The average Bonchev–Trinajstić information content (AvgIpc) is 2.88. The number of nitro benzene ring substituents is 1. The zero-order valence-electron chi connectivity index (χ0n) is 21.2. The summed E-state index contributed by atoms with van der Waals surface area (Å²) in [6.45, 7) is 9.10. The number of carbonyl (C=O) groups excluding carboxylic acids is 2. The number of phenolic OH excluding ortho intramolecular Hbond substituents is 1. The topological polar surface area (TPSA) is 162 Å². The van der Waals surface area contributed by atoms with Crippen LogP contribution in [0, 0.1) is 10.1 Å². The van der Waals surface area contributed by atoms with Crippen molar-refractivity contribution in [3.63, 3.8) is 0 Å². The van der Waals surface area contributed by atoms with Crippen molar-refractivity contribution in [3.8, 4) is 5.75 Å². The number of nitro groups is 1. The van der Waals surface area contributed by atoms with Crippen molar-refractivity contribution in [2.45, 2.75) is 20.5 Å². The molecule has 0 aliphatic heterocycles. The van der Waals surface area contributed by atoms with E-state index in [1.54, 1.807) is 26.2 Å². The van der Waals surface area contributed by atoms with Crippen LogP contribution in [0.15, 0.2) is 60.7 Å². The van der Waals surface area contributed by atoms with Crippen LogP contribution in [0.4, 0.5) is 11.4 Å². The Morgan fingerprint density at radius 1 is 1.22 bits per heavy atom. The molecule has 36 heavy (non-hydrogen) atoms. The van der Waals surface area contributed by atoms with Crippen LogP contribution in [-0.2, 0) is 25.5 Å². The van der Waals surface area contributed by atoms with Crippen molar-refractivity contribution < 1.29 is 34.0 Å². The zero-order chi connectivity index (χ0) is 28.1. The summed E-state index contributed by atoms with van der Waals surface area (Å²) in [5.74, 6) is -0.462. The summed E-state index contributed by atoms with van der Waals surface area (Å²) in [5, 5.41) is 26.9. The molecule has 0 saturated carbocycles. The van der Waals surface area contributed by atoms with Gasteiger partial charge in [-0.15, -0.1) is 0 Å². The van der Waals surface area contributed by atoms with Crippen LogP contribution in [-0.4, -0.2) is 54.4 Å². The number of hydrogen-bond donors (Lipinski definition) is 3. The summed E-state index contributed by atoms with van der Waals surface area (Å²) in [5.41, 5.74) is 7.37. The van der Waals surface area contributed by atoms with Crippen LogP contribution in [0.25, 0.3) is 6.08 Å². The summed E-state index contributed by atoms with van der Waals surface area (Å²) >= 11 is 0. The van der Waals surface area contributed by atoms with Crippen LogP contribution in [0.5, 0.6) is 5.75 Å². The molecule has 2 rings (SSSR count). The zero-order valence-corrected chi connectivity index (χ0v) is 22.1. The molecule has 0 spiro atoms. The number of carbonyl (C=O) groups is 2. The molecule has 0 radical (unpaired) electrons. The fraction of sp³-hybridized carbons (Fsp3) is 0.280. The lowest BCUT2D eigenvalue weighted by Crippen LogP contribution is -2.02. The number of aliphatic hydroxyl groups is 1. The Kier molecular flexibility index (Phi) is 19.9. The third-order valence-corrected chi connectivity index (χ3v) is 5.37. The number of aldehydes is 1. The number of benzene rings is 2. The first kappa shape index (κ1) is 34.6. The van der Waals surface area contributed by atoms with Crippen LogP contribution in [0.3, 0.4) is 0 Å². The second-order valence-corrected chi connectivity index (χ2v) is 9.07. The number of non-ortho nitro benzene ring substituents is 1. The van der Waals surface area contributed by atoms with Crippen molar-refractivity contribution in [2.24, 2.45) is 0 Å². The molecule has 0 saturated heterocycles. The van der Waals surface area contributed by atoms with E-state index in [2.05, 4.69) is 20.2 Å². The van der Waals surface area contributed by atoms with Gasteiger partial charge in [0.2, 0.25) is 0 Å². The van der Waals surface area contributed by atoms with E-state index in [0.717, 1.165) is 19.0 Å². The summed E-state index contributed by atoms with van der Waals surface area (Å²) in [6, 6.07) is 10.3. The SMILES string of the molecule is C=C(C)C=O.CCP(C)OC.CO.Nc1cc(COC(=O)/C=C/c2ccc(O)cc2)cc([N+](=O)[O-])c1. The smallest absolute Gasteiger partial charge is 0.331 e. The number of nitrogen functional groups attached to an aromatic ring is 1. The standard InChI is InChI=1S/C16H14N2O5.C4H11OP.C4H6O.CH4O/c17-13-7-12(8-14(9-13)18(21)22)10-23-16(20)6-3-11-1-4-15(19)5-2-11;1-4-6(3)5-2;1-4(2)3-5;1-2/h1-9,19H,10,17H2;4H2,1-3H3;3H,1H2,2H3;2H,1H3/b6-3+;;;.